The molecule has 1 fully saturated rings. The van der Waals surface area contributed by atoms with Crippen molar-refractivity contribution in [2.45, 2.75) is 17.9 Å². The van der Waals surface area contributed by atoms with Crippen LogP contribution in [0.4, 0.5) is 5.69 Å². The number of fused-ring (bicyclic) bond motifs is 2. The molecule has 2 aliphatic rings. The molecule has 2 aliphatic heterocycles. The maximum atomic E-state index is 11.2. The fraction of sp³-hybridized carbons (Fsp3) is 0.417. The number of hydrogen-bond donors (Lipinski definition) is 3. The van der Waals surface area contributed by atoms with Crippen molar-refractivity contribution in [3.05, 3.63) is 29.8 Å². The SMILES string of the molecule is NC(=O)C1CC2(CNc3ccccc32)CN1. The topological polar surface area (TPSA) is 67.2 Å². The Kier molecular flexibility index (Phi) is 1.94. The van der Waals surface area contributed by atoms with E-state index >= 15 is 0 Å². The molecule has 0 aliphatic carbocycles. The van der Waals surface area contributed by atoms with Crippen molar-refractivity contribution >= 4 is 11.6 Å². The van der Waals surface area contributed by atoms with Gasteiger partial charge in [0.25, 0.3) is 0 Å². The Labute approximate surface area is 94.2 Å². The summed E-state index contributed by atoms with van der Waals surface area (Å²) in [6, 6.07) is 8.11. The van der Waals surface area contributed by atoms with E-state index < -0.39 is 0 Å². The van der Waals surface area contributed by atoms with E-state index in [2.05, 4.69) is 22.8 Å². The number of rotatable bonds is 1. The van der Waals surface area contributed by atoms with Gasteiger partial charge < -0.3 is 16.4 Å². The molecule has 1 aromatic carbocycles. The van der Waals surface area contributed by atoms with Crippen LogP contribution in [0.1, 0.15) is 12.0 Å². The summed E-state index contributed by atoms with van der Waals surface area (Å²) in [7, 11) is 0. The Bertz CT molecular complexity index is 446. The van der Waals surface area contributed by atoms with Gasteiger partial charge in [-0.15, -0.1) is 0 Å². The van der Waals surface area contributed by atoms with Gasteiger partial charge in [-0.2, -0.15) is 0 Å². The van der Waals surface area contributed by atoms with Crippen molar-refractivity contribution in [2.75, 3.05) is 18.4 Å². The lowest BCUT2D eigenvalue weighted by Gasteiger charge is -2.21. The fourth-order valence-electron chi connectivity index (χ4n) is 2.85. The lowest BCUT2D eigenvalue weighted by molar-refractivity contribution is -0.119. The number of nitrogens with one attached hydrogen (secondary N) is 2. The molecule has 84 valence electrons. The van der Waals surface area contributed by atoms with E-state index in [0.717, 1.165) is 19.5 Å². The zero-order chi connectivity index (χ0) is 11.2. The second-order valence-electron chi connectivity index (χ2n) is 4.72. The highest BCUT2D eigenvalue weighted by Crippen LogP contribution is 2.42. The maximum Gasteiger partial charge on any atom is 0.234 e. The van der Waals surface area contributed by atoms with Crippen molar-refractivity contribution in [1.29, 1.82) is 0 Å². The van der Waals surface area contributed by atoms with Crippen LogP contribution < -0.4 is 16.4 Å². The lowest BCUT2D eigenvalue weighted by atomic mass is 9.80. The Morgan fingerprint density at radius 1 is 1.38 bits per heavy atom. The van der Waals surface area contributed by atoms with Crippen molar-refractivity contribution in [3.8, 4) is 0 Å². The van der Waals surface area contributed by atoms with E-state index in [9.17, 15) is 4.79 Å². The molecular formula is C12H15N3O. The zero-order valence-electron chi connectivity index (χ0n) is 8.99. The van der Waals surface area contributed by atoms with E-state index in [-0.39, 0.29) is 17.4 Å². The molecule has 3 rings (SSSR count). The Morgan fingerprint density at radius 2 is 2.19 bits per heavy atom. The van der Waals surface area contributed by atoms with Crippen molar-refractivity contribution in [2.24, 2.45) is 5.73 Å². The van der Waals surface area contributed by atoms with Crippen LogP contribution >= 0.6 is 0 Å². The van der Waals surface area contributed by atoms with Crippen LogP contribution in [-0.2, 0) is 10.2 Å². The molecule has 1 saturated heterocycles. The van der Waals surface area contributed by atoms with E-state index in [0.29, 0.717) is 0 Å². The van der Waals surface area contributed by atoms with Crippen molar-refractivity contribution in [3.63, 3.8) is 0 Å². The van der Waals surface area contributed by atoms with E-state index in [1.165, 1.54) is 11.3 Å². The number of nitrogens with two attached hydrogens (primary N) is 1. The van der Waals surface area contributed by atoms with Crippen LogP contribution in [0.5, 0.6) is 0 Å². The minimum absolute atomic E-state index is 0.0519. The average molecular weight is 217 g/mol. The molecule has 2 atom stereocenters. The monoisotopic (exact) mass is 217 g/mol. The molecule has 4 nitrogen and oxygen atoms in total. The number of carbonyl (C=O) groups is 1. The van der Waals surface area contributed by atoms with Crippen LogP contribution in [0.25, 0.3) is 0 Å². The van der Waals surface area contributed by atoms with Gasteiger partial charge in [-0.1, -0.05) is 18.2 Å². The molecule has 0 aromatic heterocycles. The molecule has 0 bridgehead atoms. The minimum atomic E-state index is -0.249. The van der Waals surface area contributed by atoms with Gasteiger partial charge in [0.15, 0.2) is 0 Å². The van der Waals surface area contributed by atoms with Gasteiger partial charge in [-0.25, -0.2) is 0 Å². The molecular weight excluding hydrogens is 202 g/mol. The van der Waals surface area contributed by atoms with Crippen molar-refractivity contribution < 1.29 is 4.79 Å². The quantitative estimate of drug-likeness (QED) is 0.629. The molecule has 0 radical (unpaired) electrons. The third-order valence-corrected chi connectivity index (χ3v) is 3.74. The highest BCUT2D eigenvalue weighted by Gasteiger charge is 2.46. The molecule has 0 saturated carbocycles. The average Bonchev–Trinajstić information content (AvgIpc) is 2.87. The standard InChI is InChI=1S/C12H15N3O/c13-11(16)10-5-12(7-15-10)6-14-9-4-2-1-3-8(9)12/h1-4,10,14-15H,5-7H2,(H2,13,16). The highest BCUT2D eigenvalue weighted by molar-refractivity contribution is 5.81. The molecule has 2 heterocycles. The molecule has 1 amide bonds. The van der Waals surface area contributed by atoms with Crippen LogP contribution in [-0.4, -0.2) is 25.0 Å². The number of anilines is 1. The first kappa shape index (κ1) is 9.66. The van der Waals surface area contributed by atoms with Crippen LogP contribution in [0.2, 0.25) is 0 Å². The number of primary amides is 1. The highest BCUT2D eigenvalue weighted by atomic mass is 16.1. The number of amides is 1. The molecule has 1 aromatic rings. The van der Waals surface area contributed by atoms with Gasteiger partial charge in [0.1, 0.15) is 0 Å². The number of benzene rings is 1. The summed E-state index contributed by atoms with van der Waals surface area (Å²) in [5.41, 5.74) is 7.90. The summed E-state index contributed by atoms with van der Waals surface area (Å²) in [5.74, 6) is -0.249. The smallest absolute Gasteiger partial charge is 0.234 e. The summed E-state index contributed by atoms with van der Waals surface area (Å²) >= 11 is 0. The van der Waals surface area contributed by atoms with E-state index in [1.807, 2.05) is 12.1 Å². The largest absolute Gasteiger partial charge is 0.384 e. The number of para-hydroxylation sites is 1. The predicted octanol–water partition coefficient (Wildman–Crippen LogP) is 0.197. The summed E-state index contributed by atoms with van der Waals surface area (Å²) in [6.45, 7) is 1.72. The van der Waals surface area contributed by atoms with Crippen LogP contribution in [0.3, 0.4) is 0 Å². The fourth-order valence-corrected chi connectivity index (χ4v) is 2.85. The molecule has 16 heavy (non-hydrogen) atoms. The normalized spacial score (nSPS) is 31.4. The minimum Gasteiger partial charge on any atom is -0.384 e. The predicted molar refractivity (Wildman–Crippen MR) is 62.2 cm³/mol. The Morgan fingerprint density at radius 3 is 2.94 bits per heavy atom. The molecule has 4 N–H and O–H groups in total. The summed E-state index contributed by atoms with van der Waals surface area (Å²) in [4.78, 5) is 11.2. The first-order chi connectivity index (χ1) is 7.71. The zero-order valence-corrected chi connectivity index (χ0v) is 8.99. The number of carbonyl (C=O) groups excluding carboxylic acids is 1. The lowest BCUT2D eigenvalue weighted by Crippen LogP contribution is -2.36. The van der Waals surface area contributed by atoms with Gasteiger partial charge in [0.05, 0.1) is 6.04 Å². The van der Waals surface area contributed by atoms with Crippen LogP contribution in [0, 0.1) is 0 Å². The second-order valence-corrected chi connectivity index (χ2v) is 4.72. The second kappa shape index (κ2) is 3.22. The Hall–Kier alpha value is -1.55. The number of hydrogen-bond acceptors (Lipinski definition) is 3. The first-order valence-corrected chi connectivity index (χ1v) is 5.57. The third kappa shape index (κ3) is 1.23. The maximum absolute atomic E-state index is 11.2. The molecule has 1 spiro atoms. The third-order valence-electron chi connectivity index (χ3n) is 3.74. The van der Waals surface area contributed by atoms with Gasteiger partial charge in [-0.3, -0.25) is 4.79 Å². The van der Waals surface area contributed by atoms with Gasteiger partial charge in [0, 0.05) is 24.2 Å². The van der Waals surface area contributed by atoms with Gasteiger partial charge in [-0.05, 0) is 18.1 Å². The first-order valence-electron chi connectivity index (χ1n) is 5.57. The van der Waals surface area contributed by atoms with E-state index in [4.69, 9.17) is 5.73 Å². The van der Waals surface area contributed by atoms with Gasteiger partial charge in [0.2, 0.25) is 5.91 Å². The summed E-state index contributed by atoms with van der Waals surface area (Å²) in [5, 5.41) is 6.62. The molecule has 2 unspecified atom stereocenters. The van der Waals surface area contributed by atoms with Crippen LogP contribution in [0.15, 0.2) is 24.3 Å². The summed E-state index contributed by atoms with van der Waals surface area (Å²) < 4.78 is 0. The van der Waals surface area contributed by atoms with Crippen molar-refractivity contribution in [1.82, 2.24) is 5.32 Å². The summed E-state index contributed by atoms with van der Waals surface area (Å²) in [6.07, 6.45) is 0.798. The van der Waals surface area contributed by atoms with E-state index in [1.54, 1.807) is 0 Å². The molecule has 4 heteroatoms. The Balaban J connectivity index is 1.95. The van der Waals surface area contributed by atoms with Gasteiger partial charge >= 0.3 is 0 Å².